The number of rotatable bonds is 5. The average Bonchev–Trinajstić information content (AvgIpc) is 3.12. The zero-order valence-electron chi connectivity index (χ0n) is 12.9. The van der Waals surface area contributed by atoms with Crippen LogP contribution in [0.25, 0.3) is 0 Å². The molecule has 0 saturated heterocycles. The van der Waals surface area contributed by atoms with Crippen LogP contribution in [0.4, 0.5) is 5.69 Å². The molecule has 0 spiro atoms. The van der Waals surface area contributed by atoms with E-state index in [1.165, 1.54) is 22.1 Å². The van der Waals surface area contributed by atoms with Crippen LogP contribution in [0.3, 0.4) is 0 Å². The summed E-state index contributed by atoms with van der Waals surface area (Å²) in [5, 5.41) is 9.52. The Kier molecular flexibility index (Phi) is 4.72. The van der Waals surface area contributed by atoms with Gasteiger partial charge in [0.15, 0.2) is 15.0 Å². The van der Waals surface area contributed by atoms with Gasteiger partial charge in [0, 0.05) is 18.1 Å². The van der Waals surface area contributed by atoms with Crippen LogP contribution in [0.5, 0.6) is 0 Å². The Bertz CT molecular complexity index is 862. The lowest BCUT2D eigenvalue weighted by Gasteiger charge is -2.27. The van der Waals surface area contributed by atoms with Crippen LogP contribution >= 0.6 is 11.8 Å². The molecule has 1 atom stereocenters. The summed E-state index contributed by atoms with van der Waals surface area (Å²) in [6, 6.07) is 8.58. The number of amides is 1. The third-order valence-corrected chi connectivity index (χ3v) is 5.94. The number of thioether (sulfide) groups is 1. The summed E-state index contributed by atoms with van der Waals surface area (Å²) in [4.78, 5) is 14.3. The Morgan fingerprint density at radius 3 is 2.71 bits per heavy atom. The molecular weight excluding hydrogens is 348 g/mol. The molecule has 1 aromatic carbocycles. The molecule has 7 nitrogen and oxygen atoms in total. The summed E-state index contributed by atoms with van der Waals surface area (Å²) in [6.45, 7) is 0. The minimum Gasteiger partial charge on any atom is -0.312 e. The Labute approximate surface area is 144 Å². The second-order valence-corrected chi connectivity index (χ2v) is 8.21. The van der Waals surface area contributed by atoms with Crippen molar-refractivity contribution in [2.45, 2.75) is 11.2 Å². The maximum Gasteiger partial charge on any atom is 0.238 e. The van der Waals surface area contributed by atoms with Crippen LogP contribution in [-0.4, -0.2) is 46.6 Å². The Balaban J connectivity index is 1.81. The van der Waals surface area contributed by atoms with E-state index in [1.807, 2.05) is 18.2 Å². The monoisotopic (exact) mass is 364 g/mol. The highest BCUT2D eigenvalue weighted by atomic mass is 32.2. The minimum absolute atomic E-state index is 0.0950. The van der Waals surface area contributed by atoms with Crippen LogP contribution in [0.2, 0.25) is 0 Å². The average molecular weight is 364 g/mol. The molecule has 9 heteroatoms. The maximum absolute atomic E-state index is 12.8. The first-order chi connectivity index (χ1) is 11.5. The lowest BCUT2D eigenvalue weighted by molar-refractivity contribution is -0.116. The smallest absolute Gasteiger partial charge is 0.238 e. The van der Waals surface area contributed by atoms with E-state index in [-0.39, 0.29) is 17.4 Å². The first-order valence-electron chi connectivity index (χ1n) is 7.21. The normalized spacial score (nSPS) is 18.6. The van der Waals surface area contributed by atoms with E-state index in [2.05, 4.69) is 10.2 Å². The first-order valence-corrected chi connectivity index (χ1v) is 9.91. The number of aryl methyl sites for hydroxylation is 1. The van der Waals surface area contributed by atoms with Gasteiger partial charge in [0.1, 0.15) is 6.33 Å². The molecular formula is C15H16N4O3S2. The third kappa shape index (κ3) is 3.68. The van der Waals surface area contributed by atoms with E-state index in [1.54, 1.807) is 36.2 Å². The fourth-order valence-electron chi connectivity index (χ4n) is 2.43. The van der Waals surface area contributed by atoms with Gasteiger partial charge in [-0.25, -0.2) is 8.42 Å². The van der Waals surface area contributed by atoms with E-state index < -0.39 is 15.9 Å². The molecule has 0 radical (unpaired) electrons. The largest absolute Gasteiger partial charge is 0.312 e. The quantitative estimate of drug-likeness (QED) is 0.743. The summed E-state index contributed by atoms with van der Waals surface area (Å²) in [5.41, 5.74) is 0.674. The maximum atomic E-state index is 12.8. The predicted octanol–water partition coefficient (Wildman–Crippen LogP) is 1.25. The van der Waals surface area contributed by atoms with E-state index in [0.717, 1.165) is 0 Å². The van der Waals surface area contributed by atoms with Gasteiger partial charge in [-0.1, -0.05) is 30.0 Å². The summed E-state index contributed by atoms with van der Waals surface area (Å²) < 4.78 is 25.2. The van der Waals surface area contributed by atoms with Gasteiger partial charge in [0.25, 0.3) is 0 Å². The first kappa shape index (κ1) is 16.7. The number of benzene rings is 1. The molecule has 1 aliphatic rings. The minimum atomic E-state index is -3.25. The molecule has 3 rings (SSSR count). The van der Waals surface area contributed by atoms with Gasteiger partial charge in [-0.05, 0) is 18.2 Å². The molecule has 24 heavy (non-hydrogen) atoms. The van der Waals surface area contributed by atoms with Crippen LogP contribution in [0.15, 0.2) is 53.3 Å². The second kappa shape index (κ2) is 6.78. The molecule has 0 N–H and O–H groups in total. The topological polar surface area (TPSA) is 85.2 Å². The molecule has 0 saturated carbocycles. The number of nitrogens with zero attached hydrogens (tertiary/aromatic N) is 4. The van der Waals surface area contributed by atoms with Crippen molar-refractivity contribution in [2.24, 2.45) is 7.05 Å². The van der Waals surface area contributed by atoms with E-state index in [4.69, 9.17) is 0 Å². The van der Waals surface area contributed by atoms with Crippen molar-refractivity contribution in [3.8, 4) is 0 Å². The van der Waals surface area contributed by atoms with E-state index >= 15 is 0 Å². The van der Waals surface area contributed by atoms with Gasteiger partial charge in [0.05, 0.1) is 17.5 Å². The molecule has 1 aromatic heterocycles. The van der Waals surface area contributed by atoms with Gasteiger partial charge in [-0.15, -0.1) is 10.2 Å². The summed E-state index contributed by atoms with van der Waals surface area (Å²) in [5.74, 6) is -0.130. The molecule has 2 heterocycles. The zero-order chi connectivity index (χ0) is 17.2. The van der Waals surface area contributed by atoms with Crippen LogP contribution < -0.4 is 4.90 Å². The Hall–Kier alpha value is -2.13. The lowest BCUT2D eigenvalue weighted by Crippen LogP contribution is -2.42. The van der Waals surface area contributed by atoms with Crippen molar-refractivity contribution >= 4 is 33.2 Å². The Morgan fingerprint density at radius 2 is 2.12 bits per heavy atom. The molecule has 0 fully saturated rings. The summed E-state index contributed by atoms with van der Waals surface area (Å²) in [6.07, 6.45) is 3.13. The highest BCUT2D eigenvalue weighted by molar-refractivity contribution is 7.99. The van der Waals surface area contributed by atoms with Crippen LogP contribution in [-0.2, 0) is 21.7 Å². The highest BCUT2D eigenvalue weighted by Gasteiger charge is 2.31. The number of aromatic nitrogens is 3. The van der Waals surface area contributed by atoms with Crippen LogP contribution in [0, 0.1) is 0 Å². The Morgan fingerprint density at radius 1 is 1.38 bits per heavy atom. The number of hydrogen-bond acceptors (Lipinski definition) is 6. The number of para-hydroxylation sites is 1. The third-order valence-electron chi connectivity index (χ3n) is 3.54. The molecule has 0 bridgehead atoms. The highest BCUT2D eigenvalue weighted by Crippen LogP contribution is 2.24. The summed E-state index contributed by atoms with van der Waals surface area (Å²) in [7, 11) is -1.45. The fraction of sp³-hybridized carbons (Fsp3) is 0.267. The molecule has 0 unspecified atom stereocenters. The number of hydrogen-bond donors (Lipinski definition) is 0. The second-order valence-electron chi connectivity index (χ2n) is 5.34. The molecule has 1 amide bonds. The number of sulfone groups is 1. The van der Waals surface area contributed by atoms with Crippen molar-refractivity contribution < 1.29 is 13.2 Å². The van der Waals surface area contributed by atoms with E-state index in [9.17, 15) is 13.2 Å². The van der Waals surface area contributed by atoms with Crippen molar-refractivity contribution in [3.05, 3.63) is 48.1 Å². The predicted molar refractivity (Wildman–Crippen MR) is 92.4 cm³/mol. The van der Waals surface area contributed by atoms with Crippen molar-refractivity contribution in [2.75, 3.05) is 16.4 Å². The molecule has 1 aliphatic heterocycles. The van der Waals surface area contributed by atoms with Crippen molar-refractivity contribution in [1.29, 1.82) is 0 Å². The van der Waals surface area contributed by atoms with Gasteiger partial charge in [-0.3, -0.25) is 4.79 Å². The number of anilines is 1. The van der Waals surface area contributed by atoms with Crippen molar-refractivity contribution in [3.63, 3.8) is 0 Å². The molecule has 2 aromatic rings. The molecule has 126 valence electrons. The van der Waals surface area contributed by atoms with E-state index in [0.29, 0.717) is 10.8 Å². The number of carbonyl (C=O) groups is 1. The van der Waals surface area contributed by atoms with Gasteiger partial charge in [-0.2, -0.15) is 0 Å². The van der Waals surface area contributed by atoms with Gasteiger partial charge in [0.2, 0.25) is 5.91 Å². The fourth-order valence-corrected chi connectivity index (χ4v) is 4.44. The standard InChI is InChI=1S/C15H16N4O3S2/c1-18-11-16-17-15(18)23-9-14(20)19(12-5-3-2-4-6-12)13-7-8-24(21,22)10-13/h2-8,11,13H,9-10H2,1H3/t13-/m0/s1. The SMILES string of the molecule is Cn1cnnc1SCC(=O)N(c1ccccc1)[C@H]1C=CS(=O)(=O)C1. The molecule has 0 aliphatic carbocycles. The van der Waals surface area contributed by atoms with Crippen molar-refractivity contribution in [1.82, 2.24) is 14.8 Å². The van der Waals surface area contributed by atoms with Gasteiger partial charge >= 0.3 is 0 Å². The van der Waals surface area contributed by atoms with Gasteiger partial charge < -0.3 is 9.47 Å². The van der Waals surface area contributed by atoms with Crippen LogP contribution in [0.1, 0.15) is 0 Å². The zero-order valence-corrected chi connectivity index (χ0v) is 14.6. The lowest BCUT2D eigenvalue weighted by atomic mass is 10.2. The number of carbonyl (C=O) groups excluding carboxylic acids is 1. The summed E-state index contributed by atoms with van der Waals surface area (Å²) >= 11 is 1.27.